The first-order valence-corrected chi connectivity index (χ1v) is 27.8. The first-order valence-electron chi connectivity index (χ1n) is 27.8. The van der Waals surface area contributed by atoms with Gasteiger partial charge in [-0.15, -0.1) is 0 Å². The lowest BCUT2D eigenvalue weighted by atomic mass is 10.3. The molecule has 26 nitrogen and oxygen atoms in total. The van der Waals surface area contributed by atoms with Crippen LogP contribution in [0.2, 0.25) is 0 Å². The Hall–Kier alpha value is -12.1. The number of hydrogen-bond acceptors (Lipinski definition) is 22. The van der Waals surface area contributed by atoms with E-state index in [1.807, 2.05) is 138 Å². The molecule has 494 valence electrons. The molecule has 12 aromatic heterocycles. The zero-order chi connectivity index (χ0) is 68.2. The van der Waals surface area contributed by atoms with Crippen molar-refractivity contribution in [2.24, 2.45) is 0 Å². The van der Waals surface area contributed by atoms with E-state index in [9.17, 15) is 24.5 Å². The molecule has 0 fully saturated rings. The number of aromatic hydroxyl groups is 1. The summed E-state index contributed by atoms with van der Waals surface area (Å²) in [7, 11) is 0. The molecule has 0 spiro atoms. The summed E-state index contributed by atoms with van der Waals surface area (Å²) < 4.78 is 0. The number of aromatic nitrogens is 19. The number of nitrogens with zero attached hydrogens (tertiary/aromatic N) is 17. The van der Waals surface area contributed by atoms with Gasteiger partial charge in [0.25, 0.3) is 16.8 Å². The maximum absolute atomic E-state index is 10.4. The highest BCUT2D eigenvalue weighted by Crippen LogP contribution is 2.07. The second-order valence-corrected chi connectivity index (χ2v) is 18.6. The fourth-order valence-corrected chi connectivity index (χ4v) is 5.18. The van der Waals surface area contributed by atoms with Crippen LogP contribution in [0.1, 0.15) is 88.6 Å². The molecule has 0 aliphatic carbocycles. The number of nitro groups is 1. The standard InChI is InChI=1S/C6H6N2O2.C6H8N2.2C6H7NO.2C6H7N.2C5H6N2O.4C5H6N2.2CH4/c1-5-2-3-6(4-7-5)8(9)10;1-5-3-4-6(2)8-7-5;1-5-2-3-6(8)4-7-5;1-5-2-3-6(8)7-4-5;1-6-3-2-4-7-5-6;1-6-4-2-3-5-7-6;1-4-2-7-5(8)3-6-4;1-4-2-3-5(8)7-6-4;1-5-2-6-4-7-3-5;1-5-4-6-2-3-7-5;1-5-2-3-6-4-7-5;1-5-6-3-2-4-7-5;;/h2-4H,1H3;3-4H,1-2H3;2-4,8H,1H3;2-4H,1H3,(H,7,8);2*2-5H,1H3;2*2-3H,1H3,(H,7,8);4*2-4H,1H3;2*1H4. The van der Waals surface area contributed by atoms with E-state index in [1.165, 1.54) is 55.0 Å². The van der Waals surface area contributed by atoms with E-state index >= 15 is 0 Å². The molecule has 0 radical (unpaired) electrons. The summed E-state index contributed by atoms with van der Waals surface area (Å²) in [5.41, 5.74) is 11.4. The number of hydrogen-bond donors (Lipinski definition) is 4. The lowest BCUT2D eigenvalue weighted by Crippen LogP contribution is -2.05. The molecule has 4 N–H and O–H groups in total. The van der Waals surface area contributed by atoms with Crippen LogP contribution in [-0.2, 0) is 0 Å². The van der Waals surface area contributed by atoms with Gasteiger partial charge in [-0.25, -0.2) is 35.0 Å². The summed E-state index contributed by atoms with van der Waals surface area (Å²) in [6, 6.07) is 30.2. The third-order valence-corrected chi connectivity index (χ3v) is 9.93. The van der Waals surface area contributed by atoms with Crippen molar-refractivity contribution >= 4 is 5.69 Å². The van der Waals surface area contributed by atoms with Gasteiger partial charge in [0.1, 0.15) is 30.4 Å². The predicted molar refractivity (Wildman–Crippen MR) is 367 cm³/mol. The minimum atomic E-state index is -0.466. The Balaban J connectivity index is 0. The van der Waals surface area contributed by atoms with E-state index in [0.717, 1.165) is 68.2 Å². The van der Waals surface area contributed by atoms with Gasteiger partial charge in [-0.1, -0.05) is 33.1 Å². The predicted octanol–water partition coefficient (Wildman–Crippen LogP) is 11.5. The van der Waals surface area contributed by atoms with Gasteiger partial charge in [-0.2, -0.15) is 15.3 Å². The molecule has 0 bridgehead atoms. The number of aromatic amines is 3. The first-order chi connectivity index (χ1) is 44.0. The topological polar surface area (TPSA) is 368 Å². The summed E-state index contributed by atoms with van der Waals surface area (Å²) >= 11 is 0. The van der Waals surface area contributed by atoms with Gasteiger partial charge in [0.15, 0.2) is 0 Å². The van der Waals surface area contributed by atoms with E-state index in [-0.39, 0.29) is 43.0 Å². The summed E-state index contributed by atoms with van der Waals surface area (Å²) in [5.74, 6) is 1.04. The Morgan fingerprint density at radius 3 is 1.22 bits per heavy atom. The number of aryl methyl sites for hydroxylation is 13. The molecule has 0 saturated heterocycles. The van der Waals surface area contributed by atoms with Crippen molar-refractivity contribution in [2.75, 3.05) is 0 Å². The van der Waals surface area contributed by atoms with Crippen molar-refractivity contribution in [3.8, 4) is 5.75 Å². The van der Waals surface area contributed by atoms with Crippen LogP contribution in [-0.4, -0.2) is 105 Å². The van der Waals surface area contributed by atoms with Crippen LogP contribution in [0, 0.1) is 100 Å². The van der Waals surface area contributed by atoms with Crippen molar-refractivity contribution in [3.63, 3.8) is 0 Å². The molecule has 94 heavy (non-hydrogen) atoms. The molecule has 0 aliphatic rings. The average Bonchev–Trinajstić information content (AvgIpc) is 2.74. The molecule has 0 atom stereocenters. The van der Waals surface area contributed by atoms with Gasteiger partial charge in [-0.05, 0) is 173 Å². The van der Waals surface area contributed by atoms with Crippen LogP contribution < -0.4 is 16.7 Å². The lowest BCUT2D eigenvalue weighted by molar-refractivity contribution is -0.385. The van der Waals surface area contributed by atoms with Gasteiger partial charge in [0, 0.05) is 122 Å². The summed E-state index contributed by atoms with van der Waals surface area (Å²) in [5, 5.41) is 32.4. The molecular weight excluding hydrogens is 1190 g/mol. The normalized spacial score (nSPS) is 8.78. The fraction of sp³-hybridized carbons (Fsp3) is 0.221. The molecule has 0 aliphatic heterocycles. The van der Waals surface area contributed by atoms with E-state index in [4.69, 9.17) is 5.11 Å². The Morgan fingerprint density at radius 2 is 0.915 bits per heavy atom. The van der Waals surface area contributed by atoms with Crippen LogP contribution in [0.3, 0.4) is 0 Å². The average molecular weight is 1280 g/mol. The molecule has 0 saturated carbocycles. The minimum Gasteiger partial charge on any atom is -0.506 e. The van der Waals surface area contributed by atoms with E-state index in [2.05, 4.69) is 95.2 Å². The van der Waals surface area contributed by atoms with E-state index in [1.54, 1.807) is 118 Å². The molecular formula is C68H86N20O6. The SMILES string of the molecule is C.C.Cc1c[nH]c(=O)cn1.Cc1ccc(=O)[nH]c1.Cc1ccc(=O)[nH]n1.Cc1ccc(C)nn1.Cc1ccc(O)cn1.Cc1ccc([N+](=O)[O-])cn1.Cc1ccccn1.Cc1cccnc1.Cc1ccncn1.Cc1cnccn1.Cc1cncnc1.Cc1ncccn1. The second kappa shape index (κ2) is 52.8. The van der Waals surface area contributed by atoms with Crippen LogP contribution >= 0.6 is 0 Å². The number of rotatable bonds is 1. The Kier molecular flexibility index (Phi) is 47.2. The van der Waals surface area contributed by atoms with Gasteiger partial charge in [0.2, 0.25) is 5.56 Å². The number of H-pyrrole nitrogens is 3. The molecule has 0 unspecified atom stereocenters. The molecule has 12 aromatic rings. The molecule has 0 aromatic carbocycles. The highest BCUT2D eigenvalue weighted by Gasteiger charge is 2.02. The van der Waals surface area contributed by atoms with Crippen molar-refractivity contribution in [1.29, 1.82) is 0 Å². The van der Waals surface area contributed by atoms with Crippen molar-refractivity contribution in [2.45, 2.75) is 105 Å². The third kappa shape index (κ3) is 49.8. The summed E-state index contributed by atoms with van der Waals surface area (Å²) in [6.07, 6.45) is 29.4. The quantitative estimate of drug-likeness (QED) is 0.0876. The Bertz CT molecular complexity index is 3380. The second-order valence-electron chi connectivity index (χ2n) is 18.6. The number of nitrogens with one attached hydrogen (secondary N) is 3. The maximum atomic E-state index is 10.4. The van der Waals surface area contributed by atoms with Crippen LogP contribution in [0.15, 0.2) is 229 Å². The zero-order valence-electron chi connectivity index (χ0n) is 53.8. The maximum Gasteiger partial charge on any atom is 0.287 e. The molecule has 12 rings (SSSR count). The van der Waals surface area contributed by atoms with Gasteiger partial charge < -0.3 is 15.1 Å². The largest absolute Gasteiger partial charge is 0.506 e. The highest BCUT2D eigenvalue weighted by molar-refractivity contribution is 5.26. The first kappa shape index (κ1) is 84.0. The minimum absolute atomic E-state index is 0. The summed E-state index contributed by atoms with van der Waals surface area (Å²) in [4.78, 5) is 95.4. The van der Waals surface area contributed by atoms with Gasteiger partial charge in [0.05, 0.1) is 45.8 Å². The Morgan fingerprint density at radius 1 is 0.362 bits per heavy atom. The molecule has 0 amide bonds. The summed E-state index contributed by atoms with van der Waals surface area (Å²) in [6.45, 7) is 24.7. The van der Waals surface area contributed by atoms with Crippen LogP contribution in [0.4, 0.5) is 5.69 Å². The lowest BCUT2D eigenvalue weighted by Gasteiger charge is -1.89. The van der Waals surface area contributed by atoms with Crippen molar-refractivity contribution < 1.29 is 10.0 Å². The van der Waals surface area contributed by atoms with E-state index in [0.29, 0.717) is 0 Å². The highest BCUT2D eigenvalue weighted by atomic mass is 16.6. The fourth-order valence-electron chi connectivity index (χ4n) is 5.18. The zero-order valence-corrected chi connectivity index (χ0v) is 53.8. The van der Waals surface area contributed by atoms with Crippen LogP contribution in [0.25, 0.3) is 0 Å². The third-order valence-electron chi connectivity index (χ3n) is 9.93. The monoisotopic (exact) mass is 1280 g/mol. The molecule has 12 heterocycles. The van der Waals surface area contributed by atoms with Crippen molar-refractivity contribution in [3.05, 3.63) is 330 Å². The van der Waals surface area contributed by atoms with Crippen molar-refractivity contribution in [1.82, 2.24) is 95.2 Å². The van der Waals surface area contributed by atoms with Crippen LogP contribution in [0.5, 0.6) is 5.75 Å². The van der Waals surface area contributed by atoms with Gasteiger partial charge >= 0.3 is 0 Å². The smallest absolute Gasteiger partial charge is 0.287 e. The molecule has 26 heteroatoms. The number of pyridine rings is 5. The van der Waals surface area contributed by atoms with E-state index < -0.39 is 4.92 Å². The Labute approximate surface area is 549 Å². The van der Waals surface area contributed by atoms with Gasteiger partial charge in [-0.3, -0.25) is 59.4 Å².